The van der Waals surface area contributed by atoms with Gasteiger partial charge in [-0.05, 0) is 12.8 Å². The number of Topliss-reactive ketones (excluding diaryl/α,β-unsaturated/α-hetero) is 1. The molecule has 1 aliphatic carbocycles. The molecule has 0 aromatic heterocycles. The Morgan fingerprint density at radius 3 is 2.68 bits per heavy atom. The third-order valence-corrected chi connectivity index (χ3v) is 4.32. The number of anilines is 1. The SMILES string of the molecule is COc1cc(O)c2c(c1)NC1(CCCCC1)CC2=O. The van der Waals surface area contributed by atoms with E-state index in [1.165, 1.54) is 12.5 Å². The Bertz CT molecular complexity index is 518. The first-order chi connectivity index (χ1) is 9.13. The minimum absolute atomic E-state index is 0.0116. The minimum Gasteiger partial charge on any atom is -0.507 e. The van der Waals surface area contributed by atoms with Gasteiger partial charge in [0.25, 0.3) is 0 Å². The van der Waals surface area contributed by atoms with Crippen molar-refractivity contribution in [2.24, 2.45) is 0 Å². The number of hydrogen-bond donors (Lipinski definition) is 2. The first kappa shape index (κ1) is 12.3. The first-order valence-electron chi connectivity index (χ1n) is 6.86. The molecule has 1 aliphatic heterocycles. The van der Waals surface area contributed by atoms with E-state index in [-0.39, 0.29) is 17.1 Å². The molecule has 4 heteroatoms. The van der Waals surface area contributed by atoms with Crippen molar-refractivity contribution in [3.05, 3.63) is 17.7 Å². The number of phenols is 1. The number of carbonyl (C=O) groups is 1. The summed E-state index contributed by atoms with van der Waals surface area (Å²) in [6, 6.07) is 3.31. The number of aromatic hydroxyl groups is 1. The Morgan fingerprint density at radius 2 is 2.00 bits per heavy atom. The van der Waals surface area contributed by atoms with Crippen molar-refractivity contribution in [3.63, 3.8) is 0 Å². The van der Waals surface area contributed by atoms with Crippen LogP contribution in [0, 0.1) is 0 Å². The molecule has 2 aliphatic rings. The Morgan fingerprint density at radius 1 is 1.26 bits per heavy atom. The third-order valence-electron chi connectivity index (χ3n) is 4.32. The Kier molecular flexibility index (Phi) is 2.88. The number of carbonyl (C=O) groups excluding carboxylic acids is 1. The van der Waals surface area contributed by atoms with E-state index in [1.54, 1.807) is 7.11 Å². The molecule has 0 unspecified atom stereocenters. The van der Waals surface area contributed by atoms with E-state index >= 15 is 0 Å². The molecule has 2 N–H and O–H groups in total. The second-order valence-corrected chi connectivity index (χ2v) is 5.64. The van der Waals surface area contributed by atoms with E-state index in [9.17, 15) is 9.90 Å². The number of ketones is 1. The molecular formula is C15H19NO3. The quantitative estimate of drug-likeness (QED) is 0.815. The lowest BCUT2D eigenvalue weighted by Gasteiger charge is -2.42. The molecule has 0 amide bonds. The monoisotopic (exact) mass is 261 g/mol. The summed E-state index contributed by atoms with van der Waals surface area (Å²) in [4.78, 5) is 12.3. The normalized spacial score (nSPS) is 20.8. The average molecular weight is 261 g/mol. The first-order valence-corrected chi connectivity index (χ1v) is 6.86. The second kappa shape index (κ2) is 4.44. The Hall–Kier alpha value is -1.71. The minimum atomic E-state index is -0.110. The van der Waals surface area contributed by atoms with Gasteiger partial charge >= 0.3 is 0 Å². The highest BCUT2D eigenvalue weighted by atomic mass is 16.5. The van der Waals surface area contributed by atoms with Crippen molar-refractivity contribution < 1.29 is 14.6 Å². The largest absolute Gasteiger partial charge is 0.507 e. The van der Waals surface area contributed by atoms with Gasteiger partial charge < -0.3 is 15.2 Å². The van der Waals surface area contributed by atoms with E-state index in [4.69, 9.17) is 4.74 Å². The van der Waals surface area contributed by atoms with Gasteiger partial charge in [0, 0.05) is 24.1 Å². The summed E-state index contributed by atoms with van der Waals surface area (Å²) in [7, 11) is 1.56. The van der Waals surface area contributed by atoms with Gasteiger partial charge in [0.05, 0.1) is 18.4 Å². The predicted octanol–water partition coefficient (Wildman–Crippen LogP) is 3.10. The molecule has 1 fully saturated rings. The lowest BCUT2D eigenvalue weighted by molar-refractivity contribution is 0.0931. The lowest BCUT2D eigenvalue weighted by atomic mass is 9.74. The summed E-state index contributed by atoms with van der Waals surface area (Å²) in [6.07, 6.45) is 6.09. The molecule has 0 atom stereocenters. The van der Waals surface area contributed by atoms with Crippen molar-refractivity contribution in [3.8, 4) is 11.5 Å². The molecule has 102 valence electrons. The van der Waals surface area contributed by atoms with E-state index in [0.29, 0.717) is 17.7 Å². The fraction of sp³-hybridized carbons (Fsp3) is 0.533. The van der Waals surface area contributed by atoms with Gasteiger partial charge in [-0.25, -0.2) is 0 Å². The van der Waals surface area contributed by atoms with E-state index in [1.807, 2.05) is 6.07 Å². The summed E-state index contributed by atoms with van der Waals surface area (Å²) in [6.45, 7) is 0. The van der Waals surface area contributed by atoms with Crippen LogP contribution >= 0.6 is 0 Å². The maximum absolute atomic E-state index is 12.3. The summed E-state index contributed by atoms with van der Waals surface area (Å²) in [5.41, 5.74) is 1.02. The molecule has 19 heavy (non-hydrogen) atoms. The number of methoxy groups -OCH3 is 1. The van der Waals surface area contributed by atoms with Crippen molar-refractivity contribution >= 4 is 11.5 Å². The van der Waals surface area contributed by atoms with Crippen LogP contribution in [0.15, 0.2) is 12.1 Å². The van der Waals surface area contributed by atoms with Gasteiger partial charge in [-0.3, -0.25) is 4.79 Å². The van der Waals surface area contributed by atoms with Crippen LogP contribution in [0.2, 0.25) is 0 Å². The molecule has 1 aromatic carbocycles. The number of hydrogen-bond acceptors (Lipinski definition) is 4. The van der Waals surface area contributed by atoms with E-state index in [0.717, 1.165) is 31.4 Å². The lowest BCUT2D eigenvalue weighted by Crippen LogP contribution is -2.45. The molecule has 0 radical (unpaired) electrons. The van der Waals surface area contributed by atoms with Crippen LogP contribution in [-0.2, 0) is 0 Å². The van der Waals surface area contributed by atoms with Crippen molar-refractivity contribution in [2.75, 3.05) is 12.4 Å². The standard InChI is InChI=1S/C15H19NO3/c1-19-10-7-11-14(12(17)8-10)13(18)9-15(16-11)5-3-2-4-6-15/h7-8,16-17H,2-6,9H2,1H3. The summed E-state index contributed by atoms with van der Waals surface area (Å²) >= 11 is 0. The van der Waals surface area contributed by atoms with Crippen LogP contribution in [-0.4, -0.2) is 23.5 Å². The summed E-state index contributed by atoms with van der Waals surface area (Å²) in [5.74, 6) is 0.623. The van der Waals surface area contributed by atoms with Gasteiger partial charge in [-0.1, -0.05) is 19.3 Å². The maximum Gasteiger partial charge on any atom is 0.171 e. The molecule has 0 bridgehead atoms. The molecule has 1 saturated carbocycles. The number of ether oxygens (including phenoxy) is 1. The number of nitrogens with one attached hydrogen (secondary N) is 1. The fourth-order valence-electron chi connectivity index (χ4n) is 3.37. The summed E-state index contributed by atoms with van der Waals surface area (Å²) < 4.78 is 5.16. The molecule has 0 saturated heterocycles. The second-order valence-electron chi connectivity index (χ2n) is 5.64. The van der Waals surface area contributed by atoms with Crippen LogP contribution in [0.4, 0.5) is 5.69 Å². The number of benzene rings is 1. The van der Waals surface area contributed by atoms with Crippen molar-refractivity contribution in [1.29, 1.82) is 0 Å². The van der Waals surface area contributed by atoms with Gasteiger partial charge in [0.1, 0.15) is 11.5 Å². The maximum atomic E-state index is 12.3. The molecule has 3 rings (SSSR count). The van der Waals surface area contributed by atoms with Gasteiger partial charge in [0.2, 0.25) is 0 Å². The van der Waals surface area contributed by atoms with Crippen LogP contribution in [0.25, 0.3) is 0 Å². The smallest absolute Gasteiger partial charge is 0.171 e. The molecular weight excluding hydrogens is 242 g/mol. The molecule has 1 spiro atoms. The van der Waals surface area contributed by atoms with Gasteiger partial charge in [-0.15, -0.1) is 0 Å². The van der Waals surface area contributed by atoms with E-state index in [2.05, 4.69) is 5.32 Å². The van der Waals surface area contributed by atoms with Crippen LogP contribution in [0.3, 0.4) is 0 Å². The zero-order chi connectivity index (χ0) is 13.5. The highest BCUT2D eigenvalue weighted by Crippen LogP contribution is 2.44. The molecule has 1 heterocycles. The highest BCUT2D eigenvalue weighted by molar-refractivity contribution is 6.06. The van der Waals surface area contributed by atoms with Crippen molar-refractivity contribution in [1.82, 2.24) is 0 Å². The summed E-state index contributed by atoms with van der Waals surface area (Å²) in [5, 5.41) is 13.5. The highest BCUT2D eigenvalue weighted by Gasteiger charge is 2.40. The van der Waals surface area contributed by atoms with Gasteiger partial charge in [0.15, 0.2) is 5.78 Å². The van der Waals surface area contributed by atoms with Crippen LogP contribution < -0.4 is 10.1 Å². The molecule has 4 nitrogen and oxygen atoms in total. The number of rotatable bonds is 1. The Labute approximate surface area is 112 Å². The topological polar surface area (TPSA) is 58.6 Å². The average Bonchev–Trinajstić information content (AvgIpc) is 2.38. The fourth-order valence-corrected chi connectivity index (χ4v) is 3.37. The zero-order valence-electron chi connectivity index (χ0n) is 11.2. The predicted molar refractivity (Wildman–Crippen MR) is 73.0 cm³/mol. The Balaban J connectivity index is 2.02. The zero-order valence-corrected chi connectivity index (χ0v) is 11.2. The number of phenolic OH excluding ortho intramolecular Hbond substituents is 1. The van der Waals surface area contributed by atoms with E-state index < -0.39 is 0 Å². The van der Waals surface area contributed by atoms with Crippen LogP contribution in [0.1, 0.15) is 48.9 Å². The molecule has 1 aromatic rings. The number of fused-ring (bicyclic) bond motifs is 1. The van der Waals surface area contributed by atoms with Crippen LogP contribution in [0.5, 0.6) is 11.5 Å². The third kappa shape index (κ3) is 2.05. The van der Waals surface area contributed by atoms with Gasteiger partial charge in [-0.2, -0.15) is 0 Å². The van der Waals surface area contributed by atoms with Crippen molar-refractivity contribution in [2.45, 2.75) is 44.1 Å².